The van der Waals surface area contributed by atoms with Gasteiger partial charge in [-0.05, 0) is 24.6 Å². The minimum absolute atomic E-state index is 0.0907. The van der Waals surface area contributed by atoms with Crippen molar-refractivity contribution in [2.24, 2.45) is 0 Å². The van der Waals surface area contributed by atoms with Gasteiger partial charge >= 0.3 is 0 Å². The molecule has 102 valence electrons. The number of hydrogen-bond donors (Lipinski definition) is 1. The summed E-state index contributed by atoms with van der Waals surface area (Å²) in [5.74, 6) is 0.0907. The number of ketones is 1. The van der Waals surface area contributed by atoms with Crippen LogP contribution in [0.4, 0.5) is 0 Å². The van der Waals surface area contributed by atoms with E-state index in [1.807, 2.05) is 54.9 Å². The molecule has 1 N–H and O–H groups in total. The van der Waals surface area contributed by atoms with Crippen LogP contribution in [0.1, 0.15) is 21.5 Å². The summed E-state index contributed by atoms with van der Waals surface area (Å²) in [6.07, 6.45) is 1.83. The van der Waals surface area contributed by atoms with Crippen molar-refractivity contribution in [3.05, 3.63) is 70.7 Å². The molecule has 0 amide bonds. The van der Waals surface area contributed by atoms with Gasteiger partial charge in [-0.1, -0.05) is 30.3 Å². The van der Waals surface area contributed by atoms with Crippen LogP contribution in [0.2, 0.25) is 0 Å². The van der Waals surface area contributed by atoms with Gasteiger partial charge in [-0.25, -0.2) is 0 Å². The van der Waals surface area contributed by atoms with Crippen molar-refractivity contribution in [3.8, 4) is 0 Å². The summed E-state index contributed by atoms with van der Waals surface area (Å²) >= 11 is 1.62. The van der Waals surface area contributed by atoms with Crippen molar-refractivity contribution in [1.82, 2.24) is 4.98 Å². The molecule has 0 saturated heterocycles. The minimum Gasteiger partial charge on any atom is -0.360 e. The predicted octanol–water partition coefficient (Wildman–Crippen LogP) is 4.92. The van der Waals surface area contributed by atoms with E-state index in [1.54, 1.807) is 11.3 Å². The van der Waals surface area contributed by atoms with Crippen LogP contribution in [0, 0.1) is 6.92 Å². The lowest BCUT2D eigenvalue weighted by Crippen LogP contribution is -1.99. The van der Waals surface area contributed by atoms with Gasteiger partial charge in [-0.3, -0.25) is 4.79 Å². The molecule has 0 aliphatic rings. The number of nitrogens with one attached hydrogen (secondary N) is 1. The Morgan fingerprint density at radius 2 is 1.90 bits per heavy atom. The maximum Gasteiger partial charge on any atom is 0.196 e. The van der Waals surface area contributed by atoms with Crippen molar-refractivity contribution in [2.45, 2.75) is 6.92 Å². The molecule has 4 rings (SSSR count). The number of rotatable bonds is 2. The molecule has 2 aromatic carbocycles. The van der Waals surface area contributed by atoms with Crippen molar-refractivity contribution < 1.29 is 4.79 Å². The molecule has 0 atom stereocenters. The quantitative estimate of drug-likeness (QED) is 0.522. The molecule has 2 aromatic heterocycles. The van der Waals surface area contributed by atoms with Crippen LogP contribution in [0.3, 0.4) is 0 Å². The van der Waals surface area contributed by atoms with Crippen molar-refractivity contribution in [1.29, 1.82) is 0 Å². The fourth-order valence-corrected chi connectivity index (χ4v) is 3.79. The number of benzene rings is 2. The third kappa shape index (κ3) is 1.82. The first kappa shape index (κ1) is 12.4. The monoisotopic (exact) mass is 291 g/mol. The second-order valence-corrected chi connectivity index (χ2v) is 6.09. The zero-order valence-corrected chi connectivity index (χ0v) is 12.3. The lowest BCUT2D eigenvalue weighted by atomic mass is 10.00. The van der Waals surface area contributed by atoms with Gasteiger partial charge in [0.15, 0.2) is 5.78 Å². The molecule has 0 aliphatic carbocycles. The van der Waals surface area contributed by atoms with Gasteiger partial charge in [0.25, 0.3) is 0 Å². The Morgan fingerprint density at radius 3 is 2.81 bits per heavy atom. The van der Waals surface area contributed by atoms with Crippen LogP contribution in [-0.2, 0) is 0 Å². The fraction of sp³-hybridized carbons (Fsp3) is 0.0556. The molecule has 21 heavy (non-hydrogen) atoms. The Balaban J connectivity index is 1.95. The molecule has 2 heterocycles. The Labute approximate surface area is 126 Å². The predicted molar refractivity (Wildman–Crippen MR) is 88.3 cm³/mol. The van der Waals surface area contributed by atoms with Gasteiger partial charge in [-0.2, -0.15) is 0 Å². The number of thiophene rings is 1. The highest BCUT2D eigenvalue weighted by Crippen LogP contribution is 2.30. The van der Waals surface area contributed by atoms with E-state index >= 15 is 0 Å². The summed E-state index contributed by atoms with van der Waals surface area (Å²) in [4.78, 5) is 16.1. The molecule has 0 aliphatic heterocycles. The number of H-pyrrole nitrogens is 1. The van der Waals surface area contributed by atoms with Crippen molar-refractivity contribution >= 4 is 38.1 Å². The van der Waals surface area contributed by atoms with Crippen LogP contribution >= 0.6 is 11.3 Å². The largest absolute Gasteiger partial charge is 0.360 e. The Kier molecular flexibility index (Phi) is 2.69. The molecular formula is C18H13NOS. The first-order valence-electron chi connectivity index (χ1n) is 6.83. The molecule has 0 unspecified atom stereocenters. The minimum atomic E-state index is 0.0907. The maximum absolute atomic E-state index is 12.9. The van der Waals surface area contributed by atoms with Gasteiger partial charge in [0.2, 0.25) is 0 Å². The van der Waals surface area contributed by atoms with Crippen molar-refractivity contribution in [3.63, 3.8) is 0 Å². The Morgan fingerprint density at radius 1 is 1.05 bits per heavy atom. The van der Waals surface area contributed by atoms with Gasteiger partial charge in [0.1, 0.15) is 0 Å². The molecule has 0 saturated carbocycles. The van der Waals surface area contributed by atoms with Crippen LogP contribution in [0.15, 0.2) is 54.0 Å². The molecule has 0 bridgehead atoms. The smallest absolute Gasteiger partial charge is 0.196 e. The average Bonchev–Trinajstić information content (AvgIpc) is 3.11. The number of aromatic nitrogens is 1. The average molecular weight is 291 g/mol. The third-order valence-electron chi connectivity index (χ3n) is 3.88. The molecule has 4 aromatic rings. The highest BCUT2D eigenvalue weighted by atomic mass is 32.1. The van der Waals surface area contributed by atoms with E-state index in [0.29, 0.717) is 0 Å². The summed E-state index contributed by atoms with van der Waals surface area (Å²) < 4.78 is 1.15. The zero-order valence-electron chi connectivity index (χ0n) is 11.5. The summed E-state index contributed by atoms with van der Waals surface area (Å²) in [5, 5.41) is 4.03. The van der Waals surface area contributed by atoms with E-state index in [4.69, 9.17) is 0 Å². The number of carbonyl (C=O) groups is 1. The normalized spacial score (nSPS) is 11.3. The number of aryl methyl sites for hydroxylation is 1. The van der Waals surface area contributed by atoms with Crippen LogP contribution < -0.4 is 0 Å². The maximum atomic E-state index is 12.9. The summed E-state index contributed by atoms with van der Waals surface area (Å²) in [6, 6.07) is 14.1. The molecule has 0 fully saturated rings. The zero-order chi connectivity index (χ0) is 14.4. The number of aromatic amines is 1. The standard InChI is InChI=1S/C18H13NOS/c1-11-5-4-7-15-17(11)13(9-19-15)18(20)14-10-21-16-8-3-2-6-12(14)16/h2-10,19H,1H3. The van der Waals surface area contributed by atoms with E-state index in [1.165, 1.54) is 0 Å². The summed E-state index contributed by atoms with van der Waals surface area (Å²) in [7, 11) is 0. The second-order valence-electron chi connectivity index (χ2n) is 5.17. The second kappa shape index (κ2) is 4.57. The molecule has 0 radical (unpaired) electrons. The van der Waals surface area contributed by atoms with E-state index in [9.17, 15) is 4.79 Å². The first-order chi connectivity index (χ1) is 10.3. The highest BCUT2D eigenvalue weighted by molar-refractivity contribution is 7.17. The van der Waals surface area contributed by atoms with Crippen molar-refractivity contribution in [2.75, 3.05) is 0 Å². The van der Waals surface area contributed by atoms with Gasteiger partial charge in [-0.15, -0.1) is 11.3 Å². The number of carbonyl (C=O) groups excluding carboxylic acids is 1. The molecule has 2 nitrogen and oxygen atoms in total. The molecular weight excluding hydrogens is 278 g/mol. The molecule has 0 spiro atoms. The lowest BCUT2D eigenvalue weighted by molar-refractivity contribution is 0.104. The van der Waals surface area contributed by atoms with Crippen LogP contribution in [0.5, 0.6) is 0 Å². The fourth-order valence-electron chi connectivity index (χ4n) is 2.85. The van der Waals surface area contributed by atoms with Gasteiger partial charge < -0.3 is 4.98 Å². The lowest BCUT2D eigenvalue weighted by Gasteiger charge is -2.01. The SMILES string of the molecule is Cc1cccc2[nH]cc(C(=O)c3csc4ccccc34)c12. The van der Waals surface area contributed by atoms with Gasteiger partial charge in [0, 0.05) is 43.7 Å². The first-order valence-corrected chi connectivity index (χ1v) is 7.71. The van der Waals surface area contributed by atoms with Crippen LogP contribution in [-0.4, -0.2) is 10.8 Å². The Bertz CT molecular complexity index is 977. The van der Waals surface area contributed by atoms with E-state index in [2.05, 4.69) is 11.1 Å². The number of fused-ring (bicyclic) bond motifs is 2. The highest BCUT2D eigenvalue weighted by Gasteiger charge is 2.18. The molecule has 3 heteroatoms. The van der Waals surface area contributed by atoms with Gasteiger partial charge in [0.05, 0.1) is 0 Å². The van der Waals surface area contributed by atoms with E-state index < -0.39 is 0 Å². The number of hydrogen-bond acceptors (Lipinski definition) is 2. The summed E-state index contributed by atoms with van der Waals surface area (Å²) in [5.41, 5.74) is 3.68. The van der Waals surface area contributed by atoms with E-state index in [0.717, 1.165) is 37.7 Å². The third-order valence-corrected chi connectivity index (χ3v) is 4.85. The Hall–Kier alpha value is -2.39. The van der Waals surface area contributed by atoms with E-state index in [-0.39, 0.29) is 5.78 Å². The summed E-state index contributed by atoms with van der Waals surface area (Å²) in [6.45, 7) is 2.04. The topological polar surface area (TPSA) is 32.9 Å². The van der Waals surface area contributed by atoms with Crippen LogP contribution in [0.25, 0.3) is 21.0 Å².